The minimum atomic E-state index is -0.237. The highest BCUT2D eigenvalue weighted by atomic mass is 16.5. The topological polar surface area (TPSA) is 9.23 Å². The van der Waals surface area contributed by atoms with Crippen LogP contribution >= 0.6 is 0 Å². The predicted octanol–water partition coefficient (Wildman–Crippen LogP) is 6.57. The van der Waals surface area contributed by atoms with Gasteiger partial charge in [0.05, 0.1) is 0 Å². The van der Waals surface area contributed by atoms with Gasteiger partial charge in [-0.05, 0) is 72.4 Å². The van der Waals surface area contributed by atoms with Gasteiger partial charge in [-0.1, -0.05) is 52.5 Å². The van der Waals surface area contributed by atoms with E-state index in [2.05, 4.69) is 85.4 Å². The first-order valence-corrected chi connectivity index (χ1v) is 8.87. The molecule has 0 atom stereocenters. The van der Waals surface area contributed by atoms with Gasteiger partial charge >= 0.3 is 0 Å². The number of benzene rings is 1. The first kappa shape index (κ1) is 17.1. The molecular formula is C23H30O. The molecule has 0 saturated heterocycles. The normalized spacial score (nSPS) is 23.3. The van der Waals surface area contributed by atoms with E-state index in [9.17, 15) is 0 Å². The quantitative estimate of drug-likeness (QED) is 0.568. The molecule has 24 heavy (non-hydrogen) atoms. The standard InChI is InChI=1S/C23H30O/c1-15-17(9-10-20-18(15)11-12-23(7,8)24-20)19-13-21(3,4)14-22(5,6)16(19)2/h9-13H,2,14H2,1,3-8H3. The van der Waals surface area contributed by atoms with E-state index in [1.807, 2.05) is 0 Å². The van der Waals surface area contributed by atoms with Crippen LogP contribution in [0.15, 0.2) is 36.4 Å². The molecule has 3 rings (SSSR count). The van der Waals surface area contributed by atoms with Gasteiger partial charge in [-0.15, -0.1) is 0 Å². The molecule has 1 nitrogen and oxygen atoms in total. The lowest BCUT2D eigenvalue weighted by Gasteiger charge is -2.42. The van der Waals surface area contributed by atoms with Crippen LogP contribution in [0.1, 0.15) is 64.7 Å². The Morgan fingerprint density at radius 1 is 1.04 bits per heavy atom. The maximum Gasteiger partial charge on any atom is 0.128 e. The molecule has 2 aliphatic rings. The summed E-state index contributed by atoms with van der Waals surface area (Å²) in [5, 5.41) is 0. The van der Waals surface area contributed by atoms with Gasteiger partial charge in [0.1, 0.15) is 11.4 Å². The fourth-order valence-corrected chi connectivity index (χ4v) is 4.27. The summed E-state index contributed by atoms with van der Waals surface area (Å²) in [6.07, 6.45) is 7.89. The van der Waals surface area contributed by atoms with Crippen LogP contribution in [0.3, 0.4) is 0 Å². The van der Waals surface area contributed by atoms with Crippen molar-refractivity contribution in [3.8, 4) is 5.75 Å². The van der Waals surface area contributed by atoms with Gasteiger partial charge in [0.25, 0.3) is 0 Å². The largest absolute Gasteiger partial charge is 0.483 e. The Balaban J connectivity index is 2.14. The zero-order chi connectivity index (χ0) is 17.9. The van der Waals surface area contributed by atoms with Crippen LogP contribution in [0.25, 0.3) is 11.6 Å². The highest BCUT2D eigenvalue weighted by Gasteiger charge is 2.37. The Labute approximate surface area is 147 Å². The summed E-state index contributed by atoms with van der Waals surface area (Å²) in [4.78, 5) is 0. The Morgan fingerprint density at radius 2 is 1.71 bits per heavy atom. The lowest BCUT2D eigenvalue weighted by atomic mass is 9.63. The second-order valence-electron chi connectivity index (χ2n) is 9.27. The summed E-state index contributed by atoms with van der Waals surface area (Å²) in [6, 6.07) is 4.32. The number of allylic oxidation sites excluding steroid dienone is 3. The zero-order valence-electron chi connectivity index (χ0n) is 16.2. The highest BCUT2D eigenvalue weighted by molar-refractivity contribution is 5.85. The van der Waals surface area contributed by atoms with Crippen molar-refractivity contribution >= 4 is 11.6 Å². The van der Waals surface area contributed by atoms with E-state index in [0.717, 1.165) is 12.2 Å². The van der Waals surface area contributed by atoms with Gasteiger partial charge in [-0.3, -0.25) is 0 Å². The van der Waals surface area contributed by atoms with E-state index in [4.69, 9.17) is 4.74 Å². The molecule has 0 aromatic heterocycles. The number of rotatable bonds is 1. The van der Waals surface area contributed by atoms with Gasteiger partial charge in [0.15, 0.2) is 0 Å². The van der Waals surface area contributed by atoms with Crippen molar-refractivity contribution < 1.29 is 4.74 Å². The molecule has 0 bridgehead atoms. The van der Waals surface area contributed by atoms with Crippen LogP contribution in [0.2, 0.25) is 0 Å². The van der Waals surface area contributed by atoms with Crippen molar-refractivity contribution in [2.75, 3.05) is 0 Å². The minimum absolute atomic E-state index is 0.115. The molecule has 0 N–H and O–H groups in total. The van der Waals surface area contributed by atoms with Crippen molar-refractivity contribution in [1.29, 1.82) is 0 Å². The van der Waals surface area contributed by atoms with Crippen LogP contribution in [0.5, 0.6) is 5.75 Å². The molecule has 1 aliphatic heterocycles. The second-order valence-corrected chi connectivity index (χ2v) is 9.27. The van der Waals surface area contributed by atoms with E-state index in [-0.39, 0.29) is 16.4 Å². The summed E-state index contributed by atoms with van der Waals surface area (Å²) in [5.74, 6) is 0.976. The molecule has 0 fully saturated rings. The molecule has 1 aromatic rings. The van der Waals surface area contributed by atoms with E-state index < -0.39 is 0 Å². The van der Waals surface area contributed by atoms with E-state index >= 15 is 0 Å². The van der Waals surface area contributed by atoms with Gasteiger partial charge in [-0.2, -0.15) is 0 Å². The maximum absolute atomic E-state index is 6.12. The molecule has 0 unspecified atom stereocenters. The average Bonchev–Trinajstić information content (AvgIpc) is 2.41. The van der Waals surface area contributed by atoms with Gasteiger partial charge < -0.3 is 4.74 Å². The van der Waals surface area contributed by atoms with E-state index in [1.54, 1.807) is 0 Å². The number of ether oxygens (including phenoxy) is 1. The Morgan fingerprint density at radius 3 is 2.38 bits per heavy atom. The van der Waals surface area contributed by atoms with Crippen LogP contribution < -0.4 is 4.74 Å². The second kappa shape index (κ2) is 5.12. The average molecular weight is 322 g/mol. The summed E-state index contributed by atoms with van der Waals surface area (Å²) in [5.41, 5.74) is 6.36. The molecule has 1 aromatic carbocycles. The third-order valence-corrected chi connectivity index (χ3v) is 5.36. The van der Waals surface area contributed by atoms with Crippen LogP contribution in [-0.4, -0.2) is 5.60 Å². The first-order valence-electron chi connectivity index (χ1n) is 8.87. The monoisotopic (exact) mass is 322 g/mol. The third kappa shape index (κ3) is 2.85. The van der Waals surface area contributed by atoms with Gasteiger partial charge in [-0.25, -0.2) is 0 Å². The van der Waals surface area contributed by atoms with Crippen molar-refractivity contribution in [2.45, 2.75) is 60.5 Å². The molecule has 0 amide bonds. The molecule has 1 aliphatic carbocycles. The van der Waals surface area contributed by atoms with Crippen molar-refractivity contribution in [2.24, 2.45) is 10.8 Å². The van der Waals surface area contributed by atoms with Crippen LogP contribution in [0, 0.1) is 17.8 Å². The fourth-order valence-electron chi connectivity index (χ4n) is 4.27. The number of hydrogen-bond acceptors (Lipinski definition) is 1. The van der Waals surface area contributed by atoms with Crippen molar-refractivity contribution in [3.05, 3.63) is 53.1 Å². The Kier molecular flexibility index (Phi) is 3.64. The smallest absolute Gasteiger partial charge is 0.128 e. The lowest BCUT2D eigenvalue weighted by molar-refractivity contribution is 0.159. The molecule has 1 heteroatoms. The van der Waals surface area contributed by atoms with Gasteiger partial charge in [0, 0.05) is 5.56 Å². The Bertz CT molecular complexity index is 769. The number of hydrogen-bond donors (Lipinski definition) is 0. The summed E-state index contributed by atoms with van der Waals surface area (Å²) in [7, 11) is 0. The van der Waals surface area contributed by atoms with E-state index in [0.29, 0.717) is 0 Å². The Hall–Kier alpha value is -1.76. The van der Waals surface area contributed by atoms with Crippen molar-refractivity contribution in [3.63, 3.8) is 0 Å². The number of fused-ring (bicyclic) bond motifs is 1. The first-order chi connectivity index (χ1) is 10.9. The predicted molar refractivity (Wildman–Crippen MR) is 104 cm³/mol. The SMILES string of the molecule is C=C1C(c2ccc3c(c2C)C=CC(C)(C)O3)=CC(C)(C)CC1(C)C. The third-order valence-electron chi connectivity index (χ3n) is 5.36. The molecule has 0 saturated carbocycles. The minimum Gasteiger partial charge on any atom is -0.483 e. The highest BCUT2D eigenvalue weighted by Crippen LogP contribution is 2.51. The summed E-state index contributed by atoms with van der Waals surface area (Å²) < 4.78 is 6.12. The molecule has 1 heterocycles. The molecule has 0 radical (unpaired) electrons. The van der Waals surface area contributed by atoms with Crippen molar-refractivity contribution in [1.82, 2.24) is 0 Å². The lowest BCUT2D eigenvalue weighted by Crippen LogP contribution is -2.29. The molecule has 128 valence electrons. The summed E-state index contributed by atoms with van der Waals surface area (Å²) >= 11 is 0. The van der Waals surface area contributed by atoms with Gasteiger partial charge in [0.2, 0.25) is 0 Å². The fraction of sp³-hybridized carbons (Fsp3) is 0.478. The van der Waals surface area contributed by atoms with Crippen LogP contribution in [0.4, 0.5) is 0 Å². The molecular weight excluding hydrogens is 292 g/mol. The molecule has 0 spiro atoms. The maximum atomic E-state index is 6.12. The van der Waals surface area contributed by atoms with Crippen LogP contribution in [-0.2, 0) is 0 Å². The zero-order valence-corrected chi connectivity index (χ0v) is 16.2. The van der Waals surface area contributed by atoms with E-state index in [1.165, 1.54) is 27.8 Å². The summed E-state index contributed by atoms with van der Waals surface area (Å²) in [6.45, 7) is 20.1.